The van der Waals surface area contributed by atoms with Gasteiger partial charge in [-0.05, 0) is 31.7 Å². The van der Waals surface area contributed by atoms with Gasteiger partial charge in [0, 0.05) is 6.54 Å². The number of β-lactam (4-membered cyclic amide) rings is 1. The lowest BCUT2D eigenvalue weighted by Gasteiger charge is -2.40. The first-order valence-corrected chi connectivity index (χ1v) is 7.43. The average molecular weight is 290 g/mol. The van der Waals surface area contributed by atoms with Gasteiger partial charge in [0.05, 0.1) is 6.04 Å². The quantitative estimate of drug-likeness (QED) is 0.598. The van der Waals surface area contributed by atoms with Crippen molar-refractivity contribution in [3.63, 3.8) is 0 Å². The highest BCUT2D eigenvalue weighted by Crippen LogP contribution is 2.16. The highest BCUT2D eigenvalue weighted by atomic mass is 16.4. The third-order valence-corrected chi connectivity index (χ3v) is 3.90. The lowest BCUT2D eigenvalue weighted by molar-refractivity contribution is -0.135. The van der Waals surface area contributed by atoms with Crippen molar-refractivity contribution >= 4 is 12.0 Å². The van der Waals surface area contributed by atoms with Crippen LogP contribution in [0.1, 0.15) is 31.7 Å². The molecule has 114 valence electrons. The van der Waals surface area contributed by atoms with Crippen LogP contribution >= 0.6 is 0 Å². The molecule has 0 bridgehead atoms. The van der Waals surface area contributed by atoms with Gasteiger partial charge in [-0.2, -0.15) is 0 Å². The van der Waals surface area contributed by atoms with Gasteiger partial charge in [-0.3, -0.25) is 9.69 Å². The highest BCUT2D eigenvalue weighted by Gasteiger charge is 2.42. The smallest absolute Gasteiger partial charge is 0.408 e. The Hall–Kier alpha value is -2.04. The molecule has 1 fully saturated rings. The number of nitrogens with one attached hydrogen (secondary N) is 1. The molecule has 21 heavy (non-hydrogen) atoms. The van der Waals surface area contributed by atoms with Crippen LogP contribution in [0.5, 0.6) is 0 Å². The third kappa shape index (κ3) is 3.97. The van der Waals surface area contributed by atoms with E-state index in [0.717, 1.165) is 25.7 Å². The van der Waals surface area contributed by atoms with Crippen LogP contribution in [0.4, 0.5) is 4.79 Å². The first kappa shape index (κ1) is 15.4. The fourth-order valence-corrected chi connectivity index (χ4v) is 2.72. The minimum atomic E-state index is -1.01. The molecule has 1 aliphatic rings. The number of carboxylic acid groups (broad SMARTS) is 1. The first-order valence-electron chi connectivity index (χ1n) is 7.43. The number of rotatable bonds is 7. The van der Waals surface area contributed by atoms with Crippen molar-refractivity contribution in [2.45, 2.75) is 44.7 Å². The molecule has 1 saturated heterocycles. The molecule has 1 aromatic carbocycles. The highest BCUT2D eigenvalue weighted by molar-refractivity contribution is 5.91. The number of hydrogen-bond donors (Lipinski definition) is 2. The molecule has 5 heteroatoms. The molecule has 0 spiro atoms. The summed E-state index contributed by atoms with van der Waals surface area (Å²) in [6, 6.07) is 9.65. The summed E-state index contributed by atoms with van der Waals surface area (Å²) >= 11 is 0. The number of amides is 2. The maximum atomic E-state index is 11.4. The van der Waals surface area contributed by atoms with Crippen LogP contribution in [0.15, 0.2) is 30.3 Å². The van der Waals surface area contributed by atoms with Gasteiger partial charge in [0.25, 0.3) is 0 Å². The standard InChI is InChI=1S/C16H22N2O3/c1-12-14(15(19)17-12)18(16(20)21)11-7-3-6-10-13-8-4-2-5-9-13/h2,4-5,8-9,12,14H,3,6-7,10-11H2,1H3,(H,17,19)(H,20,21). The number of unbranched alkanes of at least 4 members (excludes halogenated alkanes) is 2. The molecule has 0 aliphatic carbocycles. The van der Waals surface area contributed by atoms with E-state index in [2.05, 4.69) is 17.4 Å². The van der Waals surface area contributed by atoms with Crippen molar-refractivity contribution in [3.05, 3.63) is 35.9 Å². The van der Waals surface area contributed by atoms with Crippen LogP contribution in [0, 0.1) is 0 Å². The summed E-state index contributed by atoms with van der Waals surface area (Å²) in [6.45, 7) is 2.25. The van der Waals surface area contributed by atoms with E-state index in [1.807, 2.05) is 25.1 Å². The van der Waals surface area contributed by atoms with E-state index in [1.165, 1.54) is 10.5 Å². The van der Waals surface area contributed by atoms with Gasteiger partial charge >= 0.3 is 6.09 Å². The molecule has 0 aromatic heterocycles. The van der Waals surface area contributed by atoms with Crippen molar-refractivity contribution in [1.82, 2.24) is 10.2 Å². The van der Waals surface area contributed by atoms with Gasteiger partial charge < -0.3 is 10.4 Å². The molecule has 2 unspecified atom stereocenters. The number of hydrogen-bond acceptors (Lipinski definition) is 2. The van der Waals surface area contributed by atoms with Gasteiger partial charge in [0.15, 0.2) is 0 Å². The number of benzene rings is 1. The molecule has 1 heterocycles. The van der Waals surface area contributed by atoms with Gasteiger partial charge in [0.2, 0.25) is 5.91 Å². The van der Waals surface area contributed by atoms with Crippen molar-refractivity contribution in [2.75, 3.05) is 6.54 Å². The van der Waals surface area contributed by atoms with Crippen LogP contribution in [0.2, 0.25) is 0 Å². The zero-order chi connectivity index (χ0) is 15.2. The van der Waals surface area contributed by atoms with Gasteiger partial charge in [-0.1, -0.05) is 36.8 Å². The average Bonchev–Trinajstić information content (AvgIpc) is 2.46. The summed E-state index contributed by atoms with van der Waals surface area (Å²) in [7, 11) is 0. The first-order chi connectivity index (χ1) is 10.1. The molecule has 2 N–H and O–H groups in total. The van der Waals surface area contributed by atoms with Crippen molar-refractivity contribution < 1.29 is 14.7 Å². The van der Waals surface area contributed by atoms with Crippen LogP contribution in [-0.2, 0) is 11.2 Å². The molecule has 0 radical (unpaired) electrons. The van der Waals surface area contributed by atoms with Crippen molar-refractivity contribution in [2.24, 2.45) is 0 Å². The Kier molecular flexibility index (Phi) is 5.20. The molecule has 1 aliphatic heterocycles. The van der Waals surface area contributed by atoms with E-state index < -0.39 is 12.1 Å². The normalized spacial score (nSPS) is 20.5. The third-order valence-electron chi connectivity index (χ3n) is 3.90. The van der Waals surface area contributed by atoms with Crippen molar-refractivity contribution in [1.29, 1.82) is 0 Å². The Morgan fingerprint density at radius 3 is 2.52 bits per heavy atom. The summed E-state index contributed by atoms with van der Waals surface area (Å²) in [4.78, 5) is 24.0. The van der Waals surface area contributed by atoms with E-state index in [4.69, 9.17) is 0 Å². The van der Waals surface area contributed by atoms with E-state index in [1.54, 1.807) is 0 Å². The molecule has 5 nitrogen and oxygen atoms in total. The summed E-state index contributed by atoms with van der Waals surface area (Å²) in [6.07, 6.45) is 2.78. The lowest BCUT2D eigenvalue weighted by atomic mass is 9.99. The topological polar surface area (TPSA) is 69.6 Å². The predicted octanol–water partition coefficient (Wildman–Crippen LogP) is 2.27. The van der Waals surface area contributed by atoms with Crippen LogP contribution < -0.4 is 5.32 Å². The number of carbonyl (C=O) groups is 2. The van der Waals surface area contributed by atoms with E-state index in [9.17, 15) is 14.7 Å². The number of nitrogens with zero attached hydrogens (tertiary/aromatic N) is 1. The maximum absolute atomic E-state index is 11.4. The minimum Gasteiger partial charge on any atom is -0.465 e. The second kappa shape index (κ2) is 7.11. The molecule has 2 atom stereocenters. The Bertz CT molecular complexity index is 490. The number of carbonyl (C=O) groups excluding carboxylic acids is 1. The SMILES string of the molecule is CC1NC(=O)C1N(CCCCCc1ccccc1)C(=O)O. The summed E-state index contributed by atoms with van der Waals surface area (Å²) in [5.41, 5.74) is 1.31. The molecular formula is C16H22N2O3. The maximum Gasteiger partial charge on any atom is 0.408 e. The second-order valence-electron chi connectivity index (χ2n) is 5.51. The van der Waals surface area contributed by atoms with Gasteiger partial charge in [-0.25, -0.2) is 4.79 Å². The fraction of sp³-hybridized carbons (Fsp3) is 0.500. The van der Waals surface area contributed by atoms with Crippen molar-refractivity contribution in [3.8, 4) is 0 Å². The number of aryl methyl sites for hydroxylation is 1. The second-order valence-corrected chi connectivity index (χ2v) is 5.51. The molecule has 1 aromatic rings. The predicted molar refractivity (Wildman–Crippen MR) is 80.1 cm³/mol. The molecular weight excluding hydrogens is 268 g/mol. The fourth-order valence-electron chi connectivity index (χ4n) is 2.72. The molecule has 2 rings (SSSR count). The van der Waals surface area contributed by atoms with Crippen LogP contribution in [0.25, 0.3) is 0 Å². The largest absolute Gasteiger partial charge is 0.465 e. The zero-order valence-corrected chi connectivity index (χ0v) is 12.3. The zero-order valence-electron chi connectivity index (χ0n) is 12.3. The Balaban J connectivity index is 1.71. The van der Waals surface area contributed by atoms with Gasteiger partial charge in [-0.15, -0.1) is 0 Å². The molecule has 2 amide bonds. The Labute approximate surface area is 125 Å². The molecule has 0 saturated carbocycles. The van der Waals surface area contributed by atoms with Crippen LogP contribution in [0.3, 0.4) is 0 Å². The van der Waals surface area contributed by atoms with E-state index in [-0.39, 0.29) is 11.9 Å². The minimum absolute atomic E-state index is 0.0853. The Morgan fingerprint density at radius 2 is 1.95 bits per heavy atom. The van der Waals surface area contributed by atoms with Crippen LogP contribution in [-0.4, -0.2) is 40.6 Å². The van der Waals surface area contributed by atoms with E-state index in [0.29, 0.717) is 6.54 Å². The summed E-state index contributed by atoms with van der Waals surface area (Å²) in [5, 5.41) is 11.9. The van der Waals surface area contributed by atoms with E-state index >= 15 is 0 Å². The lowest BCUT2D eigenvalue weighted by Crippen LogP contribution is -2.68. The Morgan fingerprint density at radius 1 is 1.24 bits per heavy atom. The monoisotopic (exact) mass is 290 g/mol. The summed E-state index contributed by atoms with van der Waals surface area (Å²) in [5.74, 6) is -0.186. The summed E-state index contributed by atoms with van der Waals surface area (Å²) < 4.78 is 0. The van der Waals surface area contributed by atoms with Gasteiger partial charge in [0.1, 0.15) is 6.04 Å².